The molecule has 1 aromatic rings. The van der Waals surface area contributed by atoms with Gasteiger partial charge in [-0.25, -0.2) is 9.97 Å². The van der Waals surface area contributed by atoms with Crippen LogP contribution in [0.3, 0.4) is 0 Å². The van der Waals surface area contributed by atoms with Crippen LogP contribution in [0, 0.1) is 12.8 Å². The Labute approximate surface area is 104 Å². The molecule has 0 atom stereocenters. The number of hydrogen-bond donors (Lipinski definition) is 0. The van der Waals surface area contributed by atoms with Crippen LogP contribution in [0.5, 0.6) is 0 Å². The number of nitrogens with zero attached hydrogens (tertiary/aromatic N) is 3. The van der Waals surface area contributed by atoms with E-state index in [1.165, 1.54) is 32.5 Å². The van der Waals surface area contributed by atoms with Crippen molar-refractivity contribution in [1.82, 2.24) is 14.9 Å². The highest BCUT2D eigenvalue weighted by Crippen LogP contribution is 2.25. The maximum absolute atomic E-state index is 4.55. The van der Waals surface area contributed by atoms with Gasteiger partial charge in [-0.3, -0.25) is 0 Å². The summed E-state index contributed by atoms with van der Waals surface area (Å²) in [6.45, 7) is 10.2. The van der Waals surface area contributed by atoms with E-state index in [-0.39, 0.29) is 0 Å². The zero-order valence-electron chi connectivity index (χ0n) is 11.2. The number of aromatic nitrogens is 2. The van der Waals surface area contributed by atoms with Crippen molar-refractivity contribution in [1.29, 1.82) is 0 Å². The monoisotopic (exact) mass is 233 g/mol. The molecule has 1 aliphatic heterocycles. The molecule has 0 aromatic carbocycles. The van der Waals surface area contributed by atoms with Gasteiger partial charge in [0.2, 0.25) is 0 Å². The van der Waals surface area contributed by atoms with Crippen molar-refractivity contribution in [2.24, 2.45) is 5.92 Å². The van der Waals surface area contributed by atoms with Crippen molar-refractivity contribution in [2.75, 3.05) is 19.6 Å². The molecule has 1 aromatic heterocycles. The fourth-order valence-corrected chi connectivity index (χ4v) is 2.56. The largest absolute Gasteiger partial charge is 0.303 e. The summed E-state index contributed by atoms with van der Waals surface area (Å²) in [5, 5.41) is 0. The molecule has 0 amide bonds. The summed E-state index contributed by atoms with van der Waals surface area (Å²) < 4.78 is 0. The quantitative estimate of drug-likeness (QED) is 0.803. The van der Waals surface area contributed by atoms with Crippen LogP contribution < -0.4 is 0 Å². The number of piperidine rings is 1. The molecule has 2 heterocycles. The van der Waals surface area contributed by atoms with Crippen LogP contribution in [0.15, 0.2) is 12.3 Å². The van der Waals surface area contributed by atoms with Crippen molar-refractivity contribution in [3.05, 3.63) is 23.8 Å². The summed E-state index contributed by atoms with van der Waals surface area (Å²) in [6.07, 6.45) is 4.30. The van der Waals surface area contributed by atoms with Crippen molar-refractivity contribution in [3.8, 4) is 0 Å². The first-order valence-electron chi connectivity index (χ1n) is 6.67. The summed E-state index contributed by atoms with van der Waals surface area (Å²) in [5.74, 6) is 2.38. The molecule has 0 unspecified atom stereocenters. The highest BCUT2D eigenvalue weighted by Gasteiger charge is 2.22. The van der Waals surface area contributed by atoms with Crippen LogP contribution in [0.1, 0.15) is 44.1 Å². The Morgan fingerprint density at radius 3 is 2.65 bits per heavy atom. The summed E-state index contributed by atoms with van der Waals surface area (Å²) in [6, 6.07) is 1.97. The molecule has 0 spiro atoms. The van der Waals surface area contributed by atoms with Gasteiger partial charge in [0.15, 0.2) is 0 Å². The van der Waals surface area contributed by atoms with Gasteiger partial charge in [-0.05, 0) is 44.8 Å². The van der Waals surface area contributed by atoms with E-state index < -0.39 is 0 Å². The highest BCUT2D eigenvalue weighted by atomic mass is 15.1. The average molecular weight is 233 g/mol. The van der Waals surface area contributed by atoms with E-state index in [4.69, 9.17) is 0 Å². The fraction of sp³-hybridized carbons (Fsp3) is 0.714. The van der Waals surface area contributed by atoms with Crippen molar-refractivity contribution >= 4 is 0 Å². The molecule has 3 heteroatoms. The van der Waals surface area contributed by atoms with Gasteiger partial charge in [0.05, 0.1) is 0 Å². The Morgan fingerprint density at radius 2 is 2.06 bits per heavy atom. The summed E-state index contributed by atoms with van der Waals surface area (Å²) in [7, 11) is 0. The molecule has 0 radical (unpaired) electrons. The smallest absolute Gasteiger partial charge is 0.131 e. The van der Waals surface area contributed by atoms with Gasteiger partial charge >= 0.3 is 0 Å². The van der Waals surface area contributed by atoms with E-state index in [0.717, 1.165) is 17.4 Å². The lowest BCUT2D eigenvalue weighted by Gasteiger charge is -2.32. The van der Waals surface area contributed by atoms with Gasteiger partial charge in [-0.15, -0.1) is 0 Å². The van der Waals surface area contributed by atoms with Crippen molar-refractivity contribution in [2.45, 2.75) is 39.5 Å². The third kappa shape index (κ3) is 3.50. The number of rotatable bonds is 3. The lowest BCUT2D eigenvalue weighted by atomic mass is 9.95. The molecule has 94 valence electrons. The molecule has 1 aliphatic rings. The number of hydrogen-bond acceptors (Lipinski definition) is 3. The molecule has 3 nitrogen and oxygen atoms in total. The second-order valence-electron chi connectivity index (χ2n) is 5.52. The second kappa shape index (κ2) is 5.58. The van der Waals surface area contributed by atoms with Gasteiger partial charge in [0.1, 0.15) is 5.82 Å². The topological polar surface area (TPSA) is 29.0 Å². The summed E-state index contributed by atoms with van der Waals surface area (Å²) >= 11 is 0. The molecule has 2 rings (SSSR count). The van der Waals surface area contributed by atoms with Crippen molar-refractivity contribution < 1.29 is 0 Å². The fourth-order valence-electron chi connectivity index (χ4n) is 2.56. The lowest BCUT2D eigenvalue weighted by Crippen LogP contribution is -2.35. The van der Waals surface area contributed by atoms with Gasteiger partial charge in [-0.1, -0.05) is 13.8 Å². The molecule has 0 aliphatic carbocycles. The zero-order valence-corrected chi connectivity index (χ0v) is 11.2. The molecule has 1 saturated heterocycles. The van der Waals surface area contributed by atoms with Crippen LogP contribution in [-0.2, 0) is 0 Å². The van der Waals surface area contributed by atoms with Gasteiger partial charge < -0.3 is 4.90 Å². The van der Waals surface area contributed by atoms with Crippen LogP contribution in [0.4, 0.5) is 0 Å². The predicted octanol–water partition coefficient (Wildman–Crippen LogP) is 2.62. The van der Waals surface area contributed by atoms with E-state index in [0.29, 0.717) is 5.92 Å². The van der Waals surface area contributed by atoms with Crippen LogP contribution in [0.2, 0.25) is 0 Å². The normalized spacial score (nSPS) is 18.8. The molecule has 0 bridgehead atoms. The van der Waals surface area contributed by atoms with Crippen LogP contribution in [0.25, 0.3) is 0 Å². The van der Waals surface area contributed by atoms with E-state index in [1.807, 2.05) is 19.2 Å². The Hall–Kier alpha value is -0.960. The van der Waals surface area contributed by atoms with Gasteiger partial charge in [0.25, 0.3) is 0 Å². The first-order valence-corrected chi connectivity index (χ1v) is 6.67. The predicted molar refractivity (Wildman–Crippen MR) is 70.0 cm³/mol. The van der Waals surface area contributed by atoms with E-state index in [2.05, 4.69) is 28.7 Å². The molecular formula is C14H23N3. The molecule has 1 fully saturated rings. The van der Waals surface area contributed by atoms with E-state index in [1.54, 1.807) is 0 Å². The number of likely N-dealkylation sites (tertiary alicyclic amines) is 1. The minimum absolute atomic E-state index is 0.568. The number of aryl methyl sites for hydroxylation is 1. The minimum Gasteiger partial charge on any atom is -0.303 e. The maximum Gasteiger partial charge on any atom is 0.131 e. The minimum atomic E-state index is 0.568. The molecule has 0 saturated carbocycles. The molecule has 0 N–H and O–H groups in total. The van der Waals surface area contributed by atoms with E-state index >= 15 is 0 Å². The first-order chi connectivity index (χ1) is 8.15. The van der Waals surface area contributed by atoms with E-state index in [9.17, 15) is 0 Å². The second-order valence-corrected chi connectivity index (χ2v) is 5.52. The summed E-state index contributed by atoms with van der Waals surface area (Å²) in [4.78, 5) is 11.5. The SMILES string of the molecule is Cc1ccnc(C2CCN(CC(C)C)CC2)n1. The molecular weight excluding hydrogens is 210 g/mol. The van der Waals surface area contributed by atoms with Crippen LogP contribution in [-0.4, -0.2) is 34.5 Å². The molecule has 17 heavy (non-hydrogen) atoms. The Balaban J connectivity index is 1.91. The summed E-state index contributed by atoms with van der Waals surface area (Å²) in [5.41, 5.74) is 1.08. The standard InChI is InChI=1S/C14H23N3/c1-11(2)10-17-8-5-13(6-9-17)14-15-7-4-12(3)16-14/h4,7,11,13H,5-6,8-10H2,1-3H3. The zero-order chi connectivity index (χ0) is 12.3. The Morgan fingerprint density at radius 1 is 1.35 bits per heavy atom. The van der Waals surface area contributed by atoms with Crippen LogP contribution >= 0.6 is 0 Å². The average Bonchev–Trinajstić information content (AvgIpc) is 2.29. The highest BCUT2D eigenvalue weighted by molar-refractivity contribution is 5.05. The van der Waals surface area contributed by atoms with Crippen molar-refractivity contribution in [3.63, 3.8) is 0 Å². The Kier molecular flexibility index (Phi) is 4.11. The third-order valence-corrected chi connectivity index (χ3v) is 3.39. The van der Waals surface area contributed by atoms with Gasteiger partial charge in [-0.2, -0.15) is 0 Å². The lowest BCUT2D eigenvalue weighted by molar-refractivity contribution is 0.189. The Bertz CT molecular complexity index is 354. The van der Waals surface area contributed by atoms with Gasteiger partial charge in [0, 0.05) is 24.4 Å². The third-order valence-electron chi connectivity index (χ3n) is 3.39. The maximum atomic E-state index is 4.55. The first kappa shape index (κ1) is 12.5.